The monoisotopic (exact) mass is 181 g/mol. The average Bonchev–Trinajstić information content (AvgIpc) is 2.05. The second-order valence-electron chi connectivity index (χ2n) is 2.36. The minimum absolute atomic E-state index is 0.0257. The van der Waals surface area contributed by atoms with E-state index in [1.54, 1.807) is 12.1 Å². The molecule has 0 aliphatic rings. The van der Waals surface area contributed by atoms with E-state index < -0.39 is 0 Å². The number of nitrogens with zero attached hydrogens (tertiary/aromatic N) is 1. The lowest BCUT2D eigenvalue weighted by molar-refractivity contribution is 0.101. The molecule has 0 unspecified atom stereocenters. The van der Waals surface area contributed by atoms with Crippen molar-refractivity contribution in [1.29, 1.82) is 0 Å². The zero-order chi connectivity index (χ0) is 9.14. The highest BCUT2D eigenvalue weighted by Crippen LogP contribution is 2.15. The first-order chi connectivity index (χ1) is 5.65. The molecule has 1 rings (SSSR count). The Hall–Kier alpha value is -1.15. The van der Waals surface area contributed by atoms with Crippen molar-refractivity contribution in [2.75, 3.05) is 0 Å². The van der Waals surface area contributed by atoms with Gasteiger partial charge in [-0.2, -0.15) is 0 Å². The number of rotatable bonds is 2. The third-order valence-electron chi connectivity index (χ3n) is 1.49. The molecule has 0 N–H and O–H groups in total. The summed E-state index contributed by atoms with van der Waals surface area (Å²) >= 11 is 5.71. The molecule has 0 saturated heterocycles. The Kier molecular flexibility index (Phi) is 2.61. The van der Waals surface area contributed by atoms with Crippen LogP contribution in [0.4, 0.5) is 0 Å². The molecule has 0 fully saturated rings. The van der Waals surface area contributed by atoms with Crippen molar-refractivity contribution >= 4 is 23.5 Å². The predicted octanol–water partition coefficient (Wildman–Crippen LogP) is 2.58. The molecule has 0 saturated carbocycles. The van der Waals surface area contributed by atoms with Gasteiger partial charge in [0.15, 0.2) is 5.78 Å². The number of ketones is 1. The van der Waals surface area contributed by atoms with Gasteiger partial charge in [0.05, 0.1) is 0 Å². The maximum atomic E-state index is 10.9. The van der Waals surface area contributed by atoms with Crippen LogP contribution < -0.4 is 0 Å². The van der Waals surface area contributed by atoms with Gasteiger partial charge in [0.25, 0.3) is 0 Å². The lowest BCUT2D eigenvalue weighted by Gasteiger charge is -1.98. The van der Waals surface area contributed by atoms with Gasteiger partial charge in [-0.25, -0.2) is 4.98 Å². The third-order valence-corrected chi connectivity index (χ3v) is 1.81. The van der Waals surface area contributed by atoms with Crippen molar-refractivity contribution in [1.82, 2.24) is 4.98 Å². The molecular weight excluding hydrogens is 174 g/mol. The summed E-state index contributed by atoms with van der Waals surface area (Å²) in [6, 6.07) is 1.67. The lowest BCUT2D eigenvalue weighted by Crippen LogP contribution is -1.94. The fourth-order valence-corrected chi connectivity index (χ4v) is 0.981. The van der Waals surface area contributed by atoms with Crippen LogP contribution in [0.25, 0.3) is 6.08 Å². The van der Waals surface area contributed by atoms with Gasteiger partial charge in [0, 0.05) is 17.3 Å². The number of carbonyl (C=O) groups is 1. The third kappa shape index (κ3) is 1.71. The Bertz CT molecular complexity index is 333. The van der Waals surface area contributed by atoms with E-state index in [0.717, 1.165) is 0 Å². The Balaban J connectivity index is 3.22. The molecule has 2 nitrogen and oxygen atoms in total. The number of carbonyl (C=O) groups excluding carboxylic acids is 1. The molecule has 0 aliphatic carbocycles. The van der Waals surface area contributed by atoms with Gasteiger partial charge in [-0.1, -0.05) is 24.3 Å². The second-order valence-corrected chi connectivity index (χ2v) is 2.72. The number of Topliss-reactive ketones (excluding diaryl/α,β-unsaturated/α-hetero) is 1. The molecule has 3 heteroatoms. The Morgan fingerprint density at radius 3 is 2.92 bits per heavy atom. The van der Waals surface area contributed by atoms with Crippen molar-refractivity contribution in [3.05, 3.63) is 35.1 Å². The van der Waals surface area contributed by atoms with Crippen molar-refractivity contribution in [2.24, 2.45) is 0 Å². The number of aromatic nitrogens is 1. The maximum absolute atomic E-state index is 10.9. The molecular formula is C9H8ClNO. The highest BCUT2D eigenvalue weighted by atomic mass is 35.5. The van der Waals surface area contributed by atoms with Crippen LogP contribution in [-0.2, 0) is 0 Å². The molecule has 0 bridgehead atoms. The molecule has 0 spiro atoms. The molecule has 0 aliphatic heterocycles. The quantitative estimate of drug-likeness (QED) is 0.519. The SMILES string of the molecule is C=Cc1cc(C(C)=O)cnc1Cl. The van der Waals surface area contributed by atoms with Gasteiger partial charge in [0.2, 0.25) is 0 Å². The smallest absolute Gasteiger partial charge is 0.161 e. The highest BCUT2D eigenvalue weighted by Gasteiger charge is 2.03. The van der Waals surface area contributed by atoms with E-state index in [2.05, 4.69) is 11.6 Å². The summed E-state index contributed by atoms with van der Waals surface area (Å²) in [7, 11) is 0. The lowest BCUT2D eigenvalue weighted by atomic mass is 10.1. The fraction of sp³-hybridized carbons (Fsp3) is 0.111. The summed E-state index contributed by atoms with van der Waals surface area (Å²) in [5.74, 6) is -0.0257. The second kappa shape index (κ2) is 3.50. The van der Waals surface area contributed by atoms with E-state index in [1.807, 2.05) is 0 Å². The summed E-state index contributed by atoms with van der Waals surface area (Å²) in [5, 5.41) is 0.370. The van der Waals surface area contributed by atoms with E-state index in [4.69, 9.17) is 11.6 Å². The van der Waals surface area contributed by atoms with Crippen LogP contribution in [0.5, 0.6) is 0 Å². The molecule has 0 aromatic carbocycles. The summed E-state index contributed by atoms with van der Waals surface area (Å²) < 4.78 is 0. The van der Waals surface area contributed by atoms with E-state index in [0.29, 0.717) is 16.3 Å². The summed E-state index contributed by atoms with van der Waals surface area (Å²) in [5.41, 5.74) is 1.23. The van der Waals surface area contributed by atoms with Crippen molar-refractivity contribution in [2.45, 2.75) is 6.92 Å². The molecule has 62 valence electrons. The van der Waals surface area contributed by atoms with Gasteiger partial charge in [-0.05, 0) is 13.0 Å². The molecule has 12 heavy (non-hydrogen) atoms. The fourth-order valence-electron chi connectivity index (χ4n) is 0.801. The van der Waals surface area contributed by atoms with Gasteiger partial charge < -0.3 is 0 Å². The summed E-state index contributed by atoms with van der Waals surface area (Å²) in [6.45, 7) is 5.04. The normalized spacial score (nSPS) is 9.50. The van der Waals surface area contributed by atoms with Crippen LogP contribution in [0, 0.1) is 0 Å². The van der Waals surface area contributed by atoms with Gasteiger partial charge in [0.1, 0.15) is 5.15 Å². The van der Waals surface area contributed by atoms with E-state index in [-0.39, 0.29) is 5.78 Å². The van der Waals surface area contributed by atoms with E-state index in [1.165, 1.54) is 13.1 Å². The van der Waals surface area contributed by atoms with Crippen LogP contribution >= 0.6 is 11.6 Å². The van der Waals surface area contributed by atoms with Crippen molar-refractivity contribution in [3.8, 4) is 0 Å². The molecule has 1 aromatic rings. The van der Waals surface area contributed by atoms with Crippen molar-refractivity contribution in [3.63, 3.8) is 0 Å². The number of hydrogen-bond donors (Lipinski definition) is 0. The standard InChI is InChI=1S/C9H8ClNO/c1-3-7-4-8(6(2)12)5-11-9(7)10/h3-5H,1H2,2H3. The minimum atomic E-state index is -0.0257. The van der Waals surface area contributed by atoms with Gasteiger partial charge in [-0.15, -0.1) is 0 Å². The topological polar surface area (TPSA) is 30.0 Å². The molecule has 0 atom stereocenters. The maximum Gasteiger partial charge on any atom is 0.161 e. The first-order valence-corrected chi connectivity index (χ1v) is 3.82. The van der Waals surface area contributed by atoms with Crippen LogP contribution in [0.1, 0.15) is 22.8 Å². The van der Waals surface area contributed by atoms with Crippen LogP contribution in [0.15, 0.2) is 18.8 Å². The van der Waals surface area contributed by atoms with Gasteiger partial charge in [-0.3, -0.25) is 4.79 Å². The van der Waals surface area contributed by atoms with Gasteiger partial charge >= 0.3 is 0 Å². The zero-order valence-electron chi connectivity index (χ0n) is 6.67. The average molecular weight is 182 g/mol. The van der Waals surface area contributed by atoms with E-state index in [9.17, 15) is 4.79 Å². The largest absolute Gasteiger partial charge is 0.294 e. The first-order valence-electron chi connectivity index (χ1n) is 3.44. The minimum Gasteiger partial charge on any atom is -0.294 e. The van der Waals surface area contributed by atoms with E-state index >= 15 is 0 Å². The van der Waals surface area contributed by atoms with Crippen LogP contribution in [0.3, 0.4) is 0 Å². The van der Waals surface area contributed by atoms with Crippen LogP contribution in [-0.4, -0.2) is 10.8 Å². The van der Waals surface area contributed by atoms with Crippen molar-refractivity contribution < 1.29 is 4.79 Å². The number of halogens is 1. The molecule has 0 radical (unpaired) electrons. The number of pyridine rings is 1. The first kappa shape index (κ1) is 8.94. The predicted molar refractivity (Wildman–Crippen MR) is 49.3 cm³/mol. The van der Waals surface area contributed by atoms with Crippen LogP contribution in [0.2, 0.25) is 5.15 Å². The highest BCUT2D eigenvalue weighted by molar-refractivity contribution is 6.30. The Labute approximate surface area is 75.9 Å². The number of hydrogen-bond acceptors (Lipinski definition) is 2. The summed E-state index contributed by atoms with van der Waals surface area (Å²) in [4.78, 5) is 14.8. The molecule has 0 amide bonds. The zero-order valence-corrected chi connectivity index (χ0v) is 7.43. The Morgan fingerprint density at radius 1 is 1.75 bits per heavy atom. The molecule has 1 aromatic heterocycles. The Morgan fingerprint density at radius 2 is 2.42 bits per heavy atom. The summed E-state index contributed by atoms with van der Waals surface area (Å²) in [6.07, 6.45) is 3.03. The molecule has 1 heterocycles.